The summed E-state index contributed by atoms with van der Waals surface area (Å²) in [5.41, 5.74) is 7.20. The van der Waals surface area contributed by atoms with E-state index >= 15 is 0 Å². The number of nitrogens with zero attached hydrogens (tertiary/aromatic N) is 1. The maximum atomic E-state index is 12.6. The molecule has 0 spiro atoms. The molecule has 1 fully saturated rings. The number of amides is 2. The molecule has 128 valence electrons. The summed E-state index contributed by atoms with van der Waals surface area (Å²) in [5.74, 6) is -0.0957. The molecule has 23 heavy (non-hydrogen) atoms. The molecule has 0 bridgehead atoms. The number of hydrogen-bond donors (Lipinski definition) is 2. The monoisotopic (exact) mass is 339 g/mol. The lowest BCUT2D eigenvalue weighted by Crippen LogP contribution is -2.55. The first-order valence-corrected chi connectivity index (χ1v) is 7.82. The average molecular weight is 340 g/mol. The number of likely N-dealkylation sites (N-methyl/N-ethyl adjacent to an activating group) is 1. The van der Waals surface area contributed by atoms with Gasteiger partial charge in [-0.1, -0.05) is 31.4 Å². The summed E-state index contributed by atoms with van der Waals surface area (Å²) in [5, 5.41) is 2.59. The molecule has 3 N–H and O–H groups in total. The van der Waals surface area contributed by atoms with Gasteiger partial charge in [0.25, 0.3) is 5.91 Å². The Labute approximate surface area is 144 Å². The maximum absolute atomic E-state index is 12.6. The van der Waals surface area contributed by atoms with Crippen LogP contribution < -0.4 is 11.1 Å². The zero-order valence-electron chi connectivity index (χ0n) is 13.8. The van der Waals surface area contributed by atoms with Crippen molar-refractivity contribution in [3.05, 3.63) is 35.4 Å². The van der Waals surface area contributed by atoms with E-state index in [9.17, 15) is 9.59 Å². The predicted molar refractivity (Wildman–Crippen MR) is 93.6 cm³/mol. The zero-order valence-corrected chi connectivity index (χ0v) is 14.6. The second-order valence-electron chi connectivity index (χ2n) is 6.15. The lowest BCUT2D eigenvalue weighted by Gasteiger charge is -2.35. The van der Waals surface area contributed by atoms with E-state index in [1.54, 1.807) is 31.1 Å². The number of benzene rings is 1. The van der Waals surface area contributed by atoms with E-state index in [1.165, 1.54) is 0 Å². The highest BCUT2D eigenvalue weighted by molar-refractivity contribution is 5.94. The third-order valence-electron chi connectivity index (χ3n) is 4.38. The van der Waals surface area contributed by atoms with Gasteiger partial charge in [0, 0.05) is 26.2 Å². The van der Waals surface area contributed by atoms with E-state index in [2.05, 4.69) is 5.32 Å². The van der Waals surface area contributed by atoms with Crippen LogP contribution >= 0.6 is 12.4 Å². The molecule has 0 unspecified atom stereocenters. The fraction of sp³-hybridized carbons (Fsp3) is 0.529. The van der Waals surface area contributed by atoms with Crippen molar-refractivity contribution in [1.82, 2.24) is 10.2 Å². The molecule has 0 heterocycles. The van der Waals surface area contributed by atoms with Crippen molar-refractivity contribution in [3.8, 4) is 0 Å². The molecule has 1 aromatic rings. The zero-order chi connectivity index (χ0) is 16.2. The highest BCUT2D eigenvalue weighted by atomic mass is 35.5. The molecule has 5 nitrogen and oxygen atoms in total. The Hall–Kier alpha value is -1.59. The number of carbonyl (C=O) groups is 2. The van der Waals surface area contributed by atoms with E-state index in [0.29, 0.717) is 12.1 Å². The molecule has 1 saturated carbocycles. The van der Waals surface area contributed by atoms with Crippen molar-refractivity contribution >= 4 is 24.2 Å². The van der Waals surface area contributed by atoms with Crippen LogP contribution in [0.15, 0.2) is 24.3 Å². The van der Waals surface area contributed by atoms with Crippen molar-refractivity contribution in [2.75, 3.05) is 14.1 Å². The Kier molecular flexibility index (Phi) is 7.03. The molecule has 2 rings (SSSR count). The standard InChI is InChI=1S/C17H25N3O2.ClH/c1-19-15(21)14-8-6-13(7-9-14)12-20(2)16(22)17(18)10-4-3-5-11-17;/h6-9H,3-5,10-12,18H2,1-2H3,(H,19,21);1H. The van der Waals surface area contributed by atoms with Gasteiger partial charge in [0.2, 0.25) is 5.91 Å². The van der Waals surface area contributed by atoms with Gasteiger partial charge in [0.15, 0.2) is 0 Å². The van der Waals surface area contributed by atoms with Crippen molar-refractivity contribution in [3.63, 3.8) is 0 Å². The third-order valence-corrected chi connectivity index (χ3v) is 4.38. The van der Waals surface area contributed by atoms with Crippen molar-refractivity contribution in [2.24, 2.45) is 5.73 Å². The van der Waals surface area contributed by atoms with Gasteiger partial charge in [-0.05, 0) is 30.5 Å². The van der Waals surface area contributed by atoms with Gasteiger partial charge in [-0.3, -0.25) is 9.59 Å². The van der Waals surface area contributed by atoms with Crippen LogP contribution in [0.2, 0.25) is 0 Å². The lowest BCUT2D eigenvalue weighted by molar-refractivity contribution is -0.137. The first kappa shape index (κ1) is 19.5. The van der Waals surface area contributed by atoms with Crippen LogP contribution in [-0.2, 0) is 11.3 Å². The highest BCUT2D eigenvalue weighted by Gasteiger charge is 2.37. The third kappa shape index (κ3) is 4.69. The summed E-state index contributed by atoms with van der Waals surface area (Å²) in [6.45, 7) is 0.506. The van der Waals surface area contributed by atoms with Crippen LogP contribution in [0.1, 0.15) is 48.0 Å². The first-order chi connectivity index (χ1) is 10.5. The smallest absolute Gasteiger partial charge is 0.251 e. The molecule has 1 aliphatic rings. The Morgan fingerprint density at radius 3 is 2.26 bits per heavy atom. The largest absolute Gasteiger partial charge is 0.355 e. The van der Waals surface area contributed by atoms with E-state index < -0.39 is 5.54 Å². The van der Waals surface area contributed by atoms with Crippen LogP contribution in [-0.4, -0.2) is 36.3 Å². The molecule has 2 amide bonds. The van der Waals surface area contributed by atoms with Crippen LogP contribution in [0.4, 0.5) is 0 Å². The van der Waals surface area contributed by atoms with E-state index in [0.717, 1.165) is 37.7 Å². The summed E-state index contributed by atoms with van der Waals surface area (Å²) < 4.78 is 0. The van der Waals surface area contributed by atoms with Gasteiger partial charge in [-0.2, -0.15) is 0 Å². The molecular weight excluding hydrogens is 314 g/mol. The molecule has 1 aliphatic carbocycles. The van der Waals surface area contributed by atoms with Crippen LogP contribution in [0, 0.1) is 0 Å². The van der Waals surface area contributed by atoms with E-state index in [-0.39, 0.29) is 24.2 Å². The summed E-state index contributed by atoms with van der Waals surface area (Å²) in [6.07, 6.45) is 4.75. The van der Waals surface area contributed by atoms with Crippen molar-refractivity contribution in [2.45, 2.75) is 44.2 Å². The Morgan fingerprint density at radius 1 is 1.17 bits per heavy atom. The molecule has 0 aliphatic heterocycles. The lowest BCUT2D eigenvalue weighted by atomic mass is 9.81. The Balaban J connectivity index is 0.00000264. The number of rotatable bonds is 4. The summed E-state index contributed by atoms with van der Waals surface area (Å²) >= 11 is 0. The van der Waals surface area contributed by atoms with Gasteiger partial charge in [-0.15, -0.1) is 12.4 Å². The highest BCUT2D eigenvalue weighted by Crippen LogP contribution is 2.27. The van der Waals surface area contributed by atoms with Gasteiger partial charge in [0.05, 0.1) is 5.54 Å². The molecule has 0 radical (unpaired) electrons. The van der Waals surface area contributed by atoms with Gasteiger partial charge in [0.1, 0.15) is 0 Å². The summed E-state index contributed by atoms with van der Waals surface area (Å²) in [4.78, 5) is 25.8. The molecular formula is C17H26ClN3O2. The SMILES string of the molecule is CNC(=O)c1ccc(CN(C)C(=O)C2(N)CCCCC2)cc1.Cl. The topological polar surface area (TPSA) is 75.4 Å². The quantitative estimate of drug-likeness (QED) is 0.882. The molecule has 6 heteroatoms. The number of halogens is 1. The van der Waals surface area contributed by atoms with E-state index in [4.69, 9.17) is 5.73 Å². The average Bonchev–Trinajstić information content (AvgIpc) is 2.54. The molecule has 1 aromatic carbocycles. The van der Waals surface area contributed by atoms with Gasteiger partial charge in [-0.25, -0.2) is 0 Å². The van der Waals surface area contributed by atoms with Gasteiger partial charge < -0.3 is 16.0 Å². The fourth-order valence-corrected chi connectivity index (χ4v) is 3.03. The first-order valence-electron chi connectivity index (χ1n) is 7.82. The number of hydrogen-bond acceptors (Lipinski definition) is 3. The summed E-state index contributed by atoms with van der Waals surface area (Å²) in [7, 11) is 3.39. The minimum Gasteiger partial charge on any atom is -0.355 e. The number of nitrogens with two attached hydrogens (primary N) is 1. The van der Waals surface area contributed by atoms with Crippen molar-refractivity contribution in [1.29, 1.82) is 0 Å². The van der Waals surface area contributed by atoms with Crippen LogP contribution in [0.5, 0.6) is 0 Å². The molecule has 0 saturated heterocycles. The van der Waals surface area contributed by atoms with E-state index in [1.807, 2.05) is 12.1 Å². The molecule has 0 atom stereocenters. The summed E-state index contributed by atoms with van der Waals surface area (Å²) in [6, 6.07) is 7.29. The fourth-order valence-electron chi connectivity index (χ4n) is 3.03. The van der Waals surface area contributed by atoms with Crippen LogP contribution in [0.3, 0.4) is 0 Å². The molecule has 0 aromatic heterocycles. The van der Waals surface area contributed by atoms with Crippen LogP contribution in [0.25, 0.3) is 0 Å². The predicted octanol–water partition coefficient (Wildman–Crippen LogP) is 2.09. The Bertz CT molecular complexity index is 539. The normalized spacial score (nSPS) is 16.1. The second-order valence-corrected chi connectivity index (χ2v) is 6.15. The Morgan fingerprint density at radius 2 is 1.74 bits per heavy atom. The maximum Gasteiger partial charge on any atom is 0.251 e. The number of nitrogens with one attached hydrogen (secondary N) is 1. The van der Waals surface area contributed by atoms with Gasteiger partial charge >= 0.3 is 0 Å². The number of carbonyl (C=O) groups excluding carboxylic acids is 2. The van der Waals surface area contributed by atoms with Crippen molar-refractivity contribution < 1.29 is 9.59 Å². The minimum atomic E-state index is -0.699. The minimum absolute atomic E-state index is 0. The second kappa shape index (κ2) is 8.31.